The Morgan fingerprint density at radius 2 is 2.08 bits per heavy atom. The highest BCUT2D eigenvalue weighted by Crippen LogP contribution is 2.40. The molecule has 0 saturated carbocycles. The lowest BCUT2D eigenvalue weighted by Gasteiger charge is -2.31. The SMILES string of the molecule is Cc1cc(C(=O)O)n(-c2nc(N3CCC(C)CC3)c(SC(C)C)s2)n1. The van der Waals surface area contributed by atoms with Gasteiger partial charge in [0, 0.05) is 18.3 Å². The highest BCUT2D eigenvalue weighted by Gasteiger charge is 2.25. The molecule has 3 heterocycles. The first kappa shape index (κ1) is 18.3. The largest absolute Gasteiger partial charge is 0.477 e. The number of carboxylic acids is 1. The molecular weight excluding hydrogens is 356 g/mol. The molecule has 0 spiro atoms. The Bertz CT molecular complexity index is 761. The van der Waals surface area contributed by atoms with Crippen LogP contribution in [-0.2, 0) is 0 Å². The normalized spacial score (nSPS) is 16.0. The number of anilines is 1. The fraction of sp³-hybridized carbons (Fsp3) is 0.588. The van der Waals surface area contributed by atoms with Gasteiger partial charge in [-0.1, -0.05) is 32.1 Å². The third-order valence-electron chi connectivity index (χ3n) is 4.23. The van der Waals surface area contributed by atoms with Crippen LogP contribution in [0.5, 0.6) is 0 Å². The summed E-state index contributed by atoms with van der Waals surface area (Å²) in [7, 11) is 0. The fourth-order valence-electron chi connectivity index (χ4n) is 2.89. The second kappa shape index (κ2) is 7.37. The molecule has 0 atom stereocenters. The van der Waals surface area contributed by atoms with Gasteiger partial charge in [0.15, 0.2) is 11.5 Å². The van der Waals surface area contributed by atoms with Crippen molar-refractivity contribution in [2.75, 3.05) is 18.0 Å². The lowest BCUT2D eigenvalue weighted by molar-refractivity contribution is 0.0687. The third-order valence-corrected chi connectivity index (χ3v) is 6.45. The second-order valence-electron chi connectivity index (χ2n) is 6.83. The highest BCUT2D eigenvalue weighted by atomic mass is 32.2. The summed E-state index contributed by atoms with van der Waals surface area (Å²) in [6.07, 6.45) is 2.33. The molecule has 1 fully saturated rings. The Kier molecular flexibility index (Phi) is 5.38. The Morgan fingerprint density at radius 3 is 2.68 bits per heavy atom. The molecule has 0 aliphatic carbocycles. The van der Waals surface area contributed by atoms with Gasteiger partial charge in [0.05, 0.1) is 5.69 Å². The molecule has 136 valence electrons. The molecule has 2 aromatic rings. The first-order chi connectivity index (χ1) is 11.8. The predicted molar refractivity (Wildman–Crippen MR) is 103 cm³/mol. The quantitative estimate of drug-likeness (QED) is 0.789. The van der Waals surface area contributed by atoms with E-state index in [1.165, 1.54) is 28.9 Å². The lowest BCUT2D eigenvalue weighted by atomic mass is 9.99. The standard InChI is InChI=1S/C17H24N4O2S2/c1-10(2)24-16-14(20-7-5-11(3)6-8-20)18-17(25-16)21-13(15(22)23)9-12(4)19-21/h9-11H,5-8H2,1-4H3,(H,22,23). The second-order valence-corrected chi connectivity index (χ2v) is 9.65. The number of aromatic nitrogens is 3. The Labute approximate surface area is 156 Å². The van der Waals surface area contributed by atoms with Crippen molar-refractivity contribution in [1.29, 1.82) is 0 Å². The first-order valence-corrected chi connectivity index (χ1v) is 10.3. The van der Waals surface area contributed by atoms with E-state index < -0.39 is 5.97 Å². The van der Waals surface area contributed by atoms with E-state index in [-0.39, 0.29) is 5.69 Å². The van der Waals surface area contributed by atoms with E-state index in [0.717, 1.165) is 29.0 Å². The maximum atomic E-state index is 11.5. The molecule has 25 heavy (non-hydrogen) atoms. The van der Waals surface area contributed by atoms with Crippen molar-refractivity contribution in [1.82, 2.24) is 14.8 Å². The fourth-order valence-corrected chi connectivity index (χ4v) is 5.38. The molecule has 1 saturated heterocycles. The molecule has 0 unspecified atom stereocenters. The number of carboxylic acid groups (broad SMARTS) is 1. The summed E-state index contributed by atoms with van der Waals surface area (Å²) in [5.41, 5.74) is 0.838. The number of thioether (sulfide) groups is 1. The number of aromatic carboxylic acids is 1. The van der Waals surface area contributed by atoms with Crippen molar-refractivity contribution in [2.24, 2.45) is 5.92 Å². The zero-order valence-electron chi connectivity index (χ0n) is 15.0. The van der Waals surface area contributed by atoms with Crippen LogP contribution in [0.2, 0.25) is 0 Å². The molecule has 8 heteroatoms. The number of carbonyl (C=O) groups is 1. The van der Waals surface area contributed by atoms with Crippen LogP contribution < -0.4 is 4.90 Å². The summed E-state index contributed by atoms with van der Waals surface area (Å²) in [5.74, 6) is 0.750. The number of hydrogen-bond donors (Lipinski definition) is 1. The molecule has 1 aliphatic heterocycles. The van der Waals surface area contributed by atoms with Crippen LogP contribution in [0.3, 0.4) is 0 Å². The summed E-state index contributed by atoms with van der Waals surface area (Å²) < 4.78 is 2.60. The van der Waals surface area contributed by atoms with Crippen molar-refractivity contribution >= 4 is 34.9 Å². The molecule has 0 aromatic carbocycles. The molecule has 0 bridgehead atoms. The van der Waals surface area contributed by atoms with Gasteiger partial charge >= 0.3 is 5.97 Å². The van der Waals surface area contributed by atoms with E-state index in [1.807, 2.05) is 0 Å². The van der Waals surface area contributed by atoms with Crippen molar-refractivity contribution in [3.05, 3.63) is 17.5 Å². The van der Waals surface area contributed by atoms with Crippen LogP contribution in [0, 0.1) is 12.8 Å². The van der Waals surface area contributed by atoms with Crippen LogP contribution in [0.4, 0.5) is 5.82 Å². The third kappa shape index (κ3) is 4.00. The number of nitrogens with zero attached hydrogens (tertiary/aromatic N) is 4. The van der Waals surface area contributed by atoms with E-state index in [2.05, 4.69) is 30.8 Å². The zero-order chi connectivity index (χ0) is 18.1. The summed E-state index contributed by atoms with van der Waals surface area (Å²) >= 11 is 3.31. The molecule has 2 aromatic heterocycles. The molecular formula is C17H24N4O2S2. The van der Waals surface area contributed by atoms with Gasteiger partial charge in [-0.25, -0.2) is 4.79 Å². The summed E-state index contributed by atoms with van der Waals surface area (Å²) in [6, 6.07) is 1.58. The number of rotatable bonds is 5. The van der Waals surface area contributed by atoms with Crippen LogP contribution in [0.25, 0.3) is 5.13 Å². The Hall–Kier alpha value is -1.54. The first-order valence-electron chi connectivity index (χ1n) is 8.58. The van der Waals surface area contributed by atoms with E-state index in [0.29, 0.717) is 16.1 Å². The van der Waals surface area contributed by atoms with Gasteiger partial charge in [-0.15, -0.1) is 11.8 Å². The number of aryl methyl sites for hydroxylation is 1. The summed E-state index contributed by atoms with van der Waals surface area (Å²) in [5, 5.41) is 14.9. The van der Waals surface area contributed by atoms with Gasteiger partial charge < -0.3 is 10.0 Å². The Balaban J connectivity index is 2.00. The minimum Gasteiger partial charge on any atom is -0.477 e. The van der Waals surface area contributed by atoms with Gasteiger partial charge in [-0.05, 0) is 31.7 Å². The van der Waals surface area contributed by atoms with E-state index in [9.17, 15) is 9.90 Å². The van der Waals surface area contributed by atoms with Crippen LogP contribution >= 0.6 is 23.1 Å². The molecule has 6 nitrogen and oxygen atoms in total. The van der Waals surface area contributed by atoms with E-state index in [1.54, 1.807) is 24.8 Å². The predicted octanol–water partition coefficient (Wildman–Crippen LogP) is 4.07. The Morgan fingerprint density at radius 1 is 1.40 bits per heavy atom. The van der Waals surface area contributed by atoms with Gasteiger partial charge in [0.25, 0.3) is 0 Å². The van der Waals surface area contributed by atoms with Crippen LogP contribution in [-0.4, -0.2) is 44.2 Å². The minimum absolute atomic E-state index is 0.158. The van der Waals surface area contributed by atoms with Crippen molar-refractivity contribution in [2.45, 2.75) is 50.0 Å². The van der Waals surface area contributed by atoms with Crippen LogP contribution in [0.1, 0.15) is 49.8 Å². The molecule has 1 N–H and O–H groups in total. The molecule has 1 aliphatic rings. The van der Waals surface area contributed by atoms with E-state index >= 15 is 0 Å². The van der Waals surface area contributed by atoms with Gasteiger partial charge in [0.1, 0.15) is 4.21 Å². The summed E-state index contributed by atoms with van der Waals surface area (Å²) in [4.78, 5) is 18.7. The number of hydrogen-bond acceptors (Lipinski definition) is 6. The average molecular weight is 381 g/mol. The smallest absolute Gasteiger partial charge is 0.354 e. The maximum Gasteiger partial charge on any atom is 0.354 e. The van der Waals surface area contributed by atoms with Gasteiger partial charge in [-0.3, -0.25) is 0 Å². The van der Waals surface area contributed by atoms with Crippen molar-refractivity contribution < 1.29 is 9.90 Å². The topological polar surface area (TPSA) is 71.2 Å². The van der Waals surface area contributed by atoms with Crippen molar-refractivity contribution in [3.8, 4) is 5.13 Å². The van der Waals surface area contributed by atoms with Gasteiger partial charge in [-0.2, -0.15) is 14.8 Å². The van der Waals surface area contributed by atoms with E-state index in [4.69, 9.17) is 4.98 Å². The molecule has 3 rings (SSSR count). The van der Waals surface area contributed by atoms with Crippen molar-refractivity contribution in [3.63, 3.8) is 0 Å². The monoisotopic (exact) mass is 380 g/mol. The van der Waals surface area contributed by atoms with Gasteiger partial charge in [0.2, 0.25) is 5.13 Å². The minimum atomic E-state index is -0.984. The zero-order valence-corrected chi connectivity index (χ0v) is 16.7. The molecule has 0 amide bonds. The average Bonchev–Trinajstić information content (AvgIpc) is 3.11. The van der Waals surface area contributed by atoms with Crippen LogP contribution in [0.15, 0.2) is 10.3 Å². The maximum absolute atomic E-state index is 11.5. The highest BCUT2D eigenvalue weighted by molar-refractivity contribution is 8.01. The molecule has 0 radical (unpaired) electrons. The summed E-state index contributed by atoms with van der Waals surface area (Å²) in [6.45, 7) is 10.4. The lowest BCUT2D eigenvalue weighted by Crippen LogP contribution is -2.33. The number of thiazole rings is 1. The number of piperidine rings is 1.